The zero-order chi connectivity index (χ0) is 26.2. The second-order valence-corrected chi connectivity index (χ2v) is 9.80. The van der Waals surface area contributed by atoms with Crippen molar-refractivity contribution >= 4 is 40.7 Å². The fourth-order valence-corrected chi connectivity index (χ4v) is 4.58. The number of carbonyl (C=O) groups excluding carboxylic acids is 2. The Morgan fingerprint density at radius 2 is 1.86 bits per heavy atom. The molecule has 4 rings (SSSR count). The molecular weight excluding hydrogens is 519 g/mol. The number of benzene rings is 2. The molecule has 37 heavy (non-hydrogen) atoms. The number of halogens is 2. The van der Waals surface area contributed by atoms with Gasteiger partial charge in [-0.05, 0) is 48.7 Å². The topological polar surface area (TPSA) is 112 Å². The minimum absolute atomic E-state index is 0.105. The summed E-state index contributed by atoms with van der Waals surface area (Å²) in [5, 5.41) is 18.5. The lowest BCUT2D eigenvalue weighted by Gasteiger charge is -2.33. The molecule has 0 spiro atoms. The van der Waals surface area contributed by atoms with Crippen LogP contribution in [0.1, 0.15) is 31.2 Å². The lowest BCUT2D eigenvalue weighted by atomic mass is 10.0. The zero-order valence-corrected chi connectivity index (χ0v) is 21.8. The summed E-state index contributed by atoms with van der Waals surface area (Å²) in [7, 11) is 0. The maximum Gasteiger partial charge on any atom is 0.260 e. The van der Waals surface area contributed by atoms with Crippen LogP contribution in [-0.4, -0.2) is 72.5 Å². The summed E-state index contributed by atoms with van der Waals surface area (Å²) >= 11 is 12.4. The number of carbonyl (C=O) groups is 2. The van der Waals surface area contributed by atoms with Crippen molar-refractivity contribution in [1.82, 2.24) is 15.6 Å². The number of aliphatic hydroxyl groups is 1. The zero-order valence-electron chi connectivity index (χ0n) is 20.3. The predicted molar refractivity (Wildman–Crippen MR) is 141 cm³/mol. The van der Waals surface area contributed by atoms with Crippen LogP contribution >= 0.6 is 23.2 Å². The molecule has 1 atom stereocenters. The Morgan fingerprint density at radius 3 is 2.57 bits per heavy atom. The Morgan fingerprint density at radius 1 is 1.11 bits per heavy atom. The molecule has 0 aliphatic carbocycles. The van der Waals surface area contributed by atoms with Gasteiger partial charge in [-0.2, -0.15) is 5.10 Å². The highest BCUT2D eigenvalue weighted by molar-refractivity contribution is 6.32. The van der Waals surface area contributed by atoms with Gasteiger partial charge in [0.05, 0.1) is 15.8 Å². The average molecular weight is 549 g/mol. The van der Waals surface area contributed by atoms with Crippen LogP contribution in [0.15, 0.2) is 47.6 Å². The minimum Gasteiger partial charge on any atom is -0.489 e. The minimum atomic E-state index is -0.676. The monoisotopic (exact) mass is 548 g/mol. The van der Waals surface area contributed by atoms with E-state index >= 15 is 0 Å². The third kappa shape index (κ3) is 7.82. The molecule has 0 aromatic heterocycles. The smallest absolute Gasteiger partial charge is 0.260 e. The lowest BCUT2D eigenvalue weighted by Crippen LogP contribution is -2.48. The summed E-state index contributed by atoms with van der Waals surface area (Å²) in [6, 6.07) is 12.6. The first-order valence-corrected chi connectivity index (χ1v) is 13.0. The number of likely N-dealkylation sites (tertiary alicyclic amines) is 1. The summed E-state index contributed by atoms with van der Waals surface area (Å²) < 4.78 is 11.3. The third-order valence-electron chi connectivity index (χ3n) is 6.28. The van der Waals surface area contributed by atoms with E-state index in [9.17, 15) is 14.7 Å². The molecule has 2 heterocycles. The van der Waals surface area contributed by atoms with E-state index in [2.05, 4.69) is 15.8 Å². The first kappa shape index (κ1) is 27.2. The summed E-state index contributed by atoms with van der Waals surface area (Å²) in [5.74, 6) is 0.753. The molecule has 2 aliphatic heterocycles. The van der Waals surface area contributed by atoms with Crippen LogP contribution < -0.4 is 20.2 Å². The van der Waals surface area contributed by atoms with Gasteiger partial charge in [-0.3, -0.25) is 9.59 Å². The summed E-state index contributed by atoms with van der Waals surface area (Å²) in [6.45, 7) is 1.62. The molecule has 11 heteroatoms. The van der Waals surface area contributed by atoms with Crippen molar-refractivity contribution in [1.29, 1.82) is 0 Å². The largest absolute Gasteiger partial charge is 0.489 e. The standard InChI is InChI=1S/C26H30Cl2N4O5/c27-20-3-1-2-4-23(20)36-15-19(33)14-29-18-9-11-32(12-10-18)26(35)16-37-24-7-5-17(13-21(24)28)22-6-8-25(34)31-30-22/h1-5,7,13,18-19,29,33H,6,8-12,14-16H2,(H,31,34). The van der Waals surface area contributed by atoms with Crippen LogP contribution in [0.25, 0.3) is 0 Å². The maximum absolute atomic E-state index is 12.7. The van der Waals surface area contributed by atoms with Gasteiger partial charge in [-0.25, -0.2) is 5.43 Å². The van der Waals surface area contributed by atoms with E-state index in [0.717, 1.165) is 24.1 Å². The van der Waals surface area contributed by atoms with Crippen molar-refractivity contribution in [3.05, 3.63) is 58.1 Å². The van der Waals surface area contributed by atoms with Crippen LogP contribution in [0.5, 0.6) is 11.5 Å². The molecule has 1 unspecified atom stereocenters. The van der Waals surface area contributed by atoms with Gasteiger partial charge in [0, 0.05) is 38.5 Å². The number of aliphatic hydroxyl groups excluding tert-OH is 1. The van der Waals surface area contributed by atoms with Crippen LogP contribution in [0.3, 0.4) is 0 Å². The van der Waals surface area contributed by atoms with Crippen molar-refractivity contribution in [3.63, 3.8) is 0 Å². The molecule has 0 saturated carbocycles. The molecule has 0 radical (unpaired) electrons. The van der Waals surface area contributed by atoms with Gasteiger partial charge in [0.1, 0.15) is 24.2 Å². The van der Waals surface area contributed by atoms with E-state index in [4.69, 9.17) is 32.7 Å². The molecule has 2 aromatic rings. The predicted octanol–water partition coefficient (Wildman–Crippen LogP) is 3.01. The summed E-state index contributed by atoms with van der Waals surface area (Å²) in [4.78, 5) is 25.7. The van der Waals surface area contributed by atoms with Crippen molar-refractivity contribution in [2.24, 2.45) is 5.10 Å². The molecule has 2 amide bonds. The first-order chi connectivity index (χ1) is 17.9. The number of hydrogen-bond acceptors (Lipinski definition) is 7. The Balaban J connectivity index is 1.15. The molecule has 198 valence electrons. The highest BCUT2D eigenvalue weighted by Crippen LogP contribution is 2.27. The number of hydrazone groups is 1. The van der Waals surface area contributed by atoms with E-state index in [1.165, 1.54) is 0 Å². The van der Waals surface area contributed by atoms with Crippen LogP contribution in [0.2, 0.25) is 10.0 Å². The molecule has 9 nitrogen and oxygen atoms in total. The number of hydrogen-bond donors (Lipinski definition) is 3. The highest BCUT2D eigenvalue weighted by Gasteiger charge is 2.24. The number of nitrogens with zero attached hydrogens (tertiary/aromatic N) is 2. The van der Waals surface area contributed by atoms with Crippen molar-refractivity contribution in [3.8, 4) is 11.5 Å². The van der Waals surface area contributed by atoms with E-state index in [-0.39, 0.29) is 31.1 Å². The third-order valence-corrected chi connectivity index (χ3v) is 6.89. The van der Waals surface area contributed by atoms with E-state index in [1.54, 1.807) is 29.2 Å². The number of piperidine rings is 1. The first-order valence-electron chi connectivity index (χ1n) is 12.2. The number of para-hydroxylation sites is 1. The Labute approximate surface area is 225 Å². The summed E-state index contributed by atoms with van der Waals surface area (Å²) in [5.41, 5.74) is 4.02. The van der Waals surface area contributed by atoms with Gasteiger partial charge in [0.2, 0.25) is 5.91 Å². The van der Waals surface area contributed by atoms with E-state index < -0.39 is 6.10 Å². The fraction of sp³-hybridized carbons (Fsp3) is 0.423. The Hall–Kier alpha value is -2.85. The molecule has 2 aromatic carbocycles. The average Bonchev–Trinajstić information content (AvgIpc) is 2.91. The highest BCUT2D eigenvalue weighted by atomic mass is 35.5. The number of rotatable bonds is 10. The molecule has 3 N–H and O–H groups in total. The number of nitrogens with one attached hydrogen (secondary N) is 2. The Bertz CT molecular complexity index is 1140. The number of amides is 2. The van der Waals surface area contributed by atoms with E-state index in [0.29, 0.717) is 54.0 Å². The second kappa shape index (κ2) is 13.1. The maximum atomic E-state index is 12.7. The van der Waals surface area contributed by atoms with E-state index in [1.807, 2.05) is 18.2 Å². The molecule has 1 saturated heterocycles. The van der Waals surface area contributed by atoms with Crippen molar-refractivity contribution in [2.45, 2.75) is 37.8 Å². The normalized spacial score (nSPS) is 17.1. The van der Waals surface area contributed by atoms with Gasteiger partial charge in [0.25, 0.3) is 5.91 Å². The SMILES string of the molecule is O=C1CCC(c2ccc(OCC(=O)N3CCC(NCC(O)COc4ccccc4Cl)CC3)c(Cl)c2)=NN1. The van der Waals surface area contributed by atoms with Crippen molar-refractivity contribution < 1.29 is 24.2 Å². The molecule has 0 bridgehead atoms. The van der Waals surface area contributed by atoms with Gasteiger partial charge in [-0.1, -0.05) is 35.3 Å². The quantitative estimate of drug-likeness (QED) is 0.420. The van der Waals surface area contributed by atoms with Crippen molar-refractivity contribution in [2.75, 3.05) is 32.8 Å². The van der Waals surface area contributed by atoms with Crippen LogP contribution in [-0.2, 0) is 9.59 Å². The van der Waals surface area contributed by atoms with Gasteiger partial charge >= 0.3 is 0 Å². The van der Waals surface area contributed by atoms with Gasteiger partial charge in [0.15, 0.2) is 6.61 Å². The Kier molecular flexibility index (Phi) is 9.62. The fourth-order valence-electron chi connectivity index (χ4n) is 4.15. The van der Waals surface area contributed by atoms with Gasteiger partial charge < -0.3 is 24.8 Å². The molecule has 1 fully saturated rings. The number of ether oxygens (including phenoxy) is 2. The van der Waals surface area contributed by atoms with Crippen LogP contribution in [0.4, 0.5) is 0 Å². The second-order valence-electron chi connectivity index (χ2n) is 8.99. The summed E-state index contributed by atoms with van der Waals surface area (Å²) in [6.07, 6.45) is 1.80. The molecule has 2 aliphatic rings. The molecular formula is C26H30Cl2N4O5. The van der Waals surface area contributed by atoms with Crippen LogP contribution in [0, 0.1) is 0 Å². The van der Waals surface area contributed by atoms with Gasteiger partial charge in [-0.15, -0.1) is 0 Å². The lowest BCUT2D eigenvalue weighted by molar-refractivity contribution is -0.134.